The minimum absolute atomic E-state index is 0.547. The third-order valence-electron chi connectivity index (χ3n) is 4.15. The first kappa shape index (κ1) is 13.6. The predicted molar refractivity (Wildman–Crippen MR) is 89.3 cm³/mol. The van der Waals surface area contributed by atoms with Crippen LogP contribution in [0.3, 0.4) is 0 Å². The van der Waals surface area contributed by atoms with E-state index < -0.39 is 0 Å². The van der Waals surface area contributed by atoms with Crippen molar-refractivity contribution >= 4 is 34.0 Å². The number of thioether (sulfide) groups is 1. The molecule has 4 heteroatoms. The Balaban J connectivity index is 1.92. The highest BCUT2D eigenvalue weighted by molar-refractivity contribution is 7.99. The van der Waals surface area contributed by atoms with E-state index in [-0.39, 0.29) is 0 Å². The minimum atomic E-state index is 0.547. The fourth-order valence-corrected chi connectivity index (χ4v) is 4.00. The van der Waals surface area contributed by atoms with Crippen LogP contribution in [0.5, 0.6) is 0 Å². The van der Waals surface area contributed by atoms with E-state index in [9.17, 15) is 0 Å². The van der Waals surface area contributed by atoms with Crippen molar-refractivity contribution in [3.05, 3.63) is 30.5 Å². The van der Waals surface area contributed by atoms with Gasteiger partial charge in [0.2, 0.25) is 0 Å². The third kappa shape index (κ3) is 2.57. The Morgan fingerprint density at radius 2 is 2.10 bits per heavy atom. The fraction of sp³-hybridized carbons (Fsp3) is 0.438. The molecule has 1 aliphatic rings. The quantitative estimate of drug-likeness (QED) is 0.841. The Hall–Kier alpha value is -1.42. The molecule has 0 aliphatic heterocycles. The molecule has 1 aromatic heterocycles. The lowest BCUT2D eigenvalue weighted by Crippen LogP contribution is -2.34. The van der Waals surface area contributed by atoms with Gasteiger partial charge in [-0.1, -0.05) is 25.0 Å². The number of fused-ring (bicyclic) bond motifs is 1. The molecule has 0 saturated heterocycles. The summed E-state index contributed by atoms with van der Waals surface area (Å²) in [4.78, 5) is 4.40. The zero-order valence-electron chi connectivity index (χ0n) is 11.8. The lowest BCUT2D eigenvalue weighted by atomic mass is 9.94. The highest BCUT2D eigenvalue weighted by Gasteiger charge is 2.24. The number of para-hydroxylation sites is 1. The highest BCUT2D eigenvalue weighted by Crippen LogP contribution is 2.32. The summed E-state index contributed by atoms with van der Waals surface area (Å²) in [5.74, 6) is 0. The van der Waals surface area contributed by atoms with Crippen molar-refractivity contribution in [2.24, 2.45) is 0 Å². The molecule has 0 radical (unpaired) electrons. The number of benzene rings is 1. The Kier molecular flexibility index (Phi) is 4.01. The van der Waals surface area contributed by atoms with Crippen LogP contribution in [0.25, 0.3) is 10.9 Å². The van der Waals surface area contributed by atoms with Crippen molar-refractivity contribution in [1.82, 2.24) is 4.98 Å². The summed E-state index contributed by atoms with van der Waals surface area (Å²) in [7, 11) is 0. The van der Waals surface area contributed by atoms with Gasteiger partial charge in [0, 0.05) is 28.6 Å². The number of pyridine rings is 1. The van der Waals surface area contributed by atoms with Crippen LogP contribution in [-0.2, 0) is 0 Å². The summed E-state index contributed by atoms with van der Waals surface area (Å²) in [5, 5.41) is 5.56. The second-order valence-electron chi connectivity index (χ2n) is 5.41. The van der Waals surface area contributed by atoms with E-state index in [0.29, 0.717) is 11.3 Å². The van der Waals surface area contributed by atoms with Crippen molar-refractivity contribution < 1.29 is 0 Å². The van der Waals surface area contributed by atoms with Crippen LogP contribution >= 0.6 is 11.8 Å². The maximum absolute atomic E-state index is 6.02. The molecule has 0 amide bonds. The molecular formula is C16H21N3S. The number of nitrogen functional groups attached to an aromatic ring is 1. The van der Waals surface area contributed by atoms with E-state index in [4.69, 9.17) is 5.73 Å². The predicted octanol–water partition coefficient (Wildman–Crippen LogP) is 3.90. The maximum Gasteiger partial charge on any atom is 0.0951 e. The van der Waals surface area contributed by atoms with E-state index in [1.807, 2.05) is 30.1 Å². The number of hydrogen-bond donors (Lipinski definition) is 2. The summed E-state index contributed by atoms with van der Waals surface area (Å²) in [5.41, 5.74) is 8.82. The van der Waals surface area contributed by atoms with Crippen LogP contribution in [-0.4, -0.2) is 22.5 Å². The first-order chi connectivity index (χ1) is 9.79. The largest absolute Gasteiger partial charge is 0.397 e. The number of nitrogens with two attached hydrogens (primary N) is 1. The third-order valence-corrected chi connectivity index (χ3v) is 5.32. The zero-order valence-corrected chi connectivity index (χ0v) is 12.6. The minimum Gasteiger partial charge on any atom is -0.397 e. The van der Waals surface area contributed by atoms with Crippen LogP contribution < -0.4 is 11.1 Å². The number of rotatable bonds is 3. The lowest BCUT2D eigenvalue weighted by Gasteiger charge is -2.32. The average Bonchev–Trinajstić information content (AvgIpc) is 2.49. The van der Waals surface area contributed by atoms with E-state index in [2.05, 4.69) is 28.7 Å². The zero-order chi connectivity index (χ0) is 13.9. The molecule has 1 fully saturated rings. The number of hydrogen-bond acceptors (Lipinski definition) is 4. The van der Waals surface area contributed by atoms with E-state index in [1.165, 1.54) is 25.7 Å². The van der Waals surface area contributed by atoms with Crippen LogP contribution in [0.4, 0.5) is 11.4 Å². The summed E-state index contributed by atoms with van der Waals surface area (Å²) in [6.45, 7) is 0. The Labute approximate surface area is 124 Å². The molecule has 106 valence electrons. The van der Waals surface area contributed by atoms with E-state index >= 15 is 0 Å². The summed E-state index contributed by atoms with van der Waals surface area (Å²) in [6.07, 6.45) is 9.29. The Morgan fingerprint density at radius 3 is 2.95 bits per heavy atom. The topological polar surface area (TPSA) is 50.9 Å². The van der Waals surface area contributed by atoms with Gasteiger partial charge in [0.25, 0.3) is 0 Å². The van der Waals surface area contributed by atoms with Gasteiger partial charge in [-0.2, -0.15) is 11.8 Å². The van der Waals surface area contributed by atoms with Gasteiger partial charge in [-0.15, -0.1) is 0 Å². The van der Waals surface area contributed by atoms with Gasteiger partial charge in [-0.3, -0.25) is 4.98 Å². The first-order valence-corrected chi connectivity index (χ1v) is 8.51. The monoisotopic (exact) mass is 287 g/mol. The molecule has 3 N–H and O–H groups in total. The number of nitrogens with one attached hydrogen (secondary N) is 1. The molecule has 3 rings (SSSR count). The normalized spacial score (nSPS) is 22.9. The molecule has 20 heavy (non-hydrogen) atoms. The smallest absolute Gasteiger partial charge is 0.0951 e. The number of anilines is 2. The van der Waals surface area contributed by atoms with Crippen LogP contribution in [0, 0.1) is 0 Å². The number of nitrogens with zero attached hydrogens (tertiary/aromatic N) is 1. The molecule has 0 spiro atoms. The molecule has 1 saturated carbocycles. The first-order valence-electron chi connectivity index (χ1n) is 7.22. The van der Waals surface area contributed by atoms with Crippen molar-refractivity contribution in [2.75, 3.05) is 17.3 Å². The van der Waals surface area contributed by atoms with Gasteiger partial charge in [-0.05, 0) is 31.2 Å². The molecule has 2 unspecified atom stereocenters. The number of aromatic nitrogens is 1. The van der Waals surface area contributed by atoms with Gasteiger partial charge >= 0.3 is 0 Å². The summed E-state index contributed by atoms with van der Waals surface area (Å²) < 4.78 is 0. The van der Waals surface area contributed by atoms with Crippen LogP contribution in [0.1, 0.15) is 25.7 Å². The van der Waals surface area contributed by atoms with E-state index in [0.717, 1.165) is 22.3 Å². The summed E-state index contributed by atoms with van der Waals surface area (Å²) >= 11 is 1.98. The van der Waals surface area contributed by atoms with Crippen molar-refractivity contribution in [2.45, 2.75) is 37.0 Å². The van der Waals surface area contributed by atoms with Gasteiger partial charge in [0.05, 0.1) is 11.2 Å². The molecule has 2 aromatic rings. The van der Waals surface area contributed by atoms with Crippen LogP contribution in [0.15, 0.2) is 30.5 Å². The molecule has 0 bridgehead atoms. The van der Waals surface area contributed by atoms with Gasteiger partial charge in [0.15, 0.2) is 0 Å². The fourth-order valence-electron chi connectivity index (χ4n) is 3.07. The summed E-state index contributed by atoms with van der Waals surface area (Å²) in [6, 6.07) is 8.61. The second kappa shape index (κ2) is 5.92. The Bertz CT molecular complexity index is 599. The average molecular weight is 287 g/mol. The van der Waals surface area contributed by atoms with Crippen molar-refractivity contribution in [3.63, 3.8) is 0 Å². The second-order valence-corrected chi connectivity index (χ2v) is 6.49. The molecule has 1 heterocycles. The van der Waals surface area contributed by atoms with Crippen molar-refractivity contribution in [3.8, 4) is 0 Å². The lowest BCUT2D eigenvalue weighted by molar-refractivity contribution is 0.475. The Morgan fingerprint density at radius 1 is 1.25 bits per heavy atom. The SMILES string of the molecule is CSC1CCCCC1Nc1ccnc2c(N)cccc12. The highest BCUT2D eigenvalue weighted by atomic mass is 32.2. The molecule has 2 atom stereocenters. The van der Waals surface area contributed by atoms with Crippen molar-refractivity contribution in [1.29, 1.82) is 0 Å². The van der Waals surface area contributed by atoms with Gasteiger partial charge in [0.1, 0.15) is 0 Å². The molecular weight excluding hydrogens is 266 g/mol. The maximum atomic E-state index is 6.02. The van der Waals surface area contributed by atoms with Gasteiger partial charge in [-0.25, -0.2) is 0 Å². The molecule has 1 aliphatic carbocycles. The van der Waals surface area contributed by atoms with Gasteiger partial charge < -0.3 is 11.1 Å². The molecule has 1 aromatic carbocycles. The van der Waals surface area contributed by atoms with E-state index in [1.54, 1.807) is 0 Å². The van der Waals surface area contributed by atoms with Crippen LogP contribution in [0.2, 0.25) is 0 Å². The molecule has 3 nitrogen and oxygen atoms in total. The standard InChI is InChI=1S/C16H21N3S/c1-20-15-8-3-2-7-14(15)19-13-9-10-18-16-11(13)5-4-6-12(16)17/h4-6,9-10,14-15H,2-3,7-8,17H2,1H3,(H,18,19).